The van der Waals surface area contributed by atoms with Gasteiger partial charge in [-0.05, 0) is 61.7 Å². The summed E-state index contributed by atoms with van der Waals surface area (Å²) in [6.07, 6.45) is 2.42. The van der Waals surface area contributed by atoms with Crippen LogP contribution in [0.25, 0.3) is 6.08 Å². The van der Waals surface area contributed by atoms with Gasteiger partial charge in [0, 0.05) is 27.9 Å². The highest BCUT2D eigenvalue weighted by molar-refractivity contribution is 6.30. The maximum Gasteiger partial charge on any atom is 0.0940 e. The molecule has 2 unspecified atom stereocenters. The number of halogens is 2. The van der Waals surface area contributed by atoms with E-state index in [2.05, 4.69) is 0 Å². The average Bonchev–Trinajstić information content (AvgIpc) is 2.55. The summed E-state index contributed by atoms with van der Waals surface area (Å²) in [5.41, 5.74) is 7.52. The summed E-state index contributed by atoms with van der Waals surface area (Å²) in [6, 6.07) is 15.1. The predicted octanol–water partition coefficient (Wildman–Crippen LogP) is 5.74. The summed E-state index contributed by atoms with van der Waals surface area (Å²) in [6.45, 7) is 7.82. The fourth-order valence-electron chi connectivity index (χ4n) is 3.14. The van der Waals surface area contributed by atoms with Crippen molar-refractivity contribution in [2.45, 2.75) is 45.3 Å². The number of aliphatic hydroxyl groups is 1. The van der Waals surface area contributed by atoms with E-state index in [9.17, 15) is 5.11 Å². The lowest BCUT2D eigenvalue weighted by Gasteiger charge is -2.42. The van der Waals surface area contributed by atoms with E-state index in [4.69, 9.17) is 28.9 Å². The first-order valence-corrected chi connectivity index (χ1v) is 9.48. The molecule has 0 fully saturated rings. The number of nitrogens with two attached hydrogens (primary N) is 1. The molecular formula is C22H27Cl2NO. The Hall–Kier alpha value is -1.32. The first-order valence-electron chi connectivity index (χ1n) is 8.72. The number of hydrogen-bond acceptors (Lipinski definition) is 2. The van der Waals surface area contributed by atoms with Crippen LogP contribution in [0.15, 0.2) is 54.1 Å². The van der Waals surface area contributed by atoms with Gasteiger partial charge in [0.1, 0.15) is 0 Å². The van der Waals surface area contributed by atoms with Crippen LogP contribution in [0.1, 0.15) is 38.8 Å². The molecule has 0 bridgehead atoms. The van der Waals surface area contributed by atoms with Gasteiger partial charge in [-0.25, -0.2) is 0 Å². The lowest BCUT2D eigenvalue weighted by molar-refractivity contribution is -0.00221. The van der Waals surface area contributed by atoms with Gasteiger partial charge in [-0.3, -0.25) is 0 Å². The second kappa shape index (κ2) is 8.14. The van der Waals surface area contributed by atoms with E-state index in [1.54, 1.807) is 0 Å². The molecule has 0 aromatic heterocycles. The molecule has 0 spiro atoms. The van der Waals surface area contributed by atoms with Gasteiger partial charge in [-0.2, -0.15) is 0 Å². The quantitative estimate of drug-likeness (QED) is 0.658. The van der Waals surface area contributed by atoms with Gasteiger partial charge in [-0.1, -0.05) is 60.5 Å². The second-order valence-electron chi connectivity index (χ2n) is 7.65. The monoisotopic (exact) mass is 391 g/mol. The highest BCUT2D eigenvalue weighted by Gasteiger charge is 2.42. The minimum absolute atomic E-state index is 0.183. The van der Waals surface area contributed by atoms with E-state index in [0.29, 0.717) is 16.5 Å². The molecule has 0 saturated carbocycles. The summed E-state index contributed by atoms with van der Waals surface area (Å²) in [4.78, 5) is 0. The summed E-state index contributed by atoms with van der Waals surface area (Å²) in [5.74, 6) is -0.183. The smallest absolute Gasteiger partial charge is 0.0940 e. The highest BCUT2D eigenvalue weighted by Crippen LogP contribution is 2.36. The molecule has 2 aromatic carbocycles. The van der Waals surface area contributed by atoms with E-state index >= 15 is 0 Å². The Morgan fingerprint density at radius 3 is 2.27 bits per heavy atom. The molecule has 0 saturated heterocycles. The third kappa shape index (κ3) is 5.11. The van der Waals surface area contributed by atoms with Gasteiger partial charge in [-0.15, -0.1) is 0 Å². The normalized spacial score (nSPS) is 16.2. The number of hydrogen-bond donors (Lipinski definition) is 2. The Labute approximate surface area is 166 Å². The van der Waals surface area contributed by atoms with Crippen molar-refractivity contribution in [2.24, 2.45) is 11.7 Å². The zero-order valence-corrected chi connectivity index (χ0v) is 17.3. The van der Waals surface area contributed by atoms with Gasteiger partial charge in [0.15, 0.2) is 0 Å². The average molecular weight is 392 g/mol. The van der Waals surface area contributed by atoms with E-state index in [1.165, 1.54) is 0 Å². The fourth-order valence-corrected chi connectivity index (χ4v) is 3.48. The van der Waals surface area contributed by atoms with Crippen LogP contribution in [0.2, 0.25) is 10.0 Å². The molecule has 3 N–H and O–H groups in total. The summed E-state index contributed by atoms with van der Waals surface area (Å²) in [7, 11) is 0. The van der Waals surface area contributed by atoms with Crippen LogP contribution in [-0.4, -0.2) is 16.2 Å². The van der Waals surface area contributed by atoms with Crippen molar-refractivity contribution in [1.29, 1.82) is 0 Å². The van der Waals surface area contributed by atoms with Crippen molar-refractivity contribution in [3.8, 4) is 0 Å². The van der Waals surface area contributed by atoms with Crippen LogP contribution < -0.4 is 5.73 Å². The molecule has 2 atom stereocenters. The highest BCUT2D eigenvalue weighted by atomic mass is 35.5. The molecule has 0 aliphatic heterocycles. The Bertz CT molecular complexity index is 777. The molecule has 2 aromatic rings. The molecule has 2 nitrogen and oxygen atoms in total. The van der Waals surface area contributed by atoms with Gasteiger partial charge in [0.2, 0.25) is 0 Å². The SMILES string of the molecule is CC(=Cc1ccc(Cl)cc1)C(O)(Cc1cccc(Cl)c1)C(C)C(C)(C)N. The van der Waals surface area contributed by atoms with Crippen molar-refractivity contribution in [2.75, 3.05) is 0 Å². The third-order valence-corrected chi connectivity index (χ3v) is 5.62. The van der Waals surface area contributed by atoms with Crippen LogP contribution in [-0.2, 0) is 6.42 Å². The number of benzene rings is 2. The van der Waals surface area contributed by atoms with E-state index in [0.717, 1.165) is 16.7 Å². The minimum atomic E-state index is -1.11. The third-order valence-electron chi connectivity index (χ3n) is 5.13. The first-order chi connectivity index (χ1) is 12.0. The largest absolute Gasteiger partial charge is 0.385 e. The van der Waals surface area contributed by atoms with Crippen LogP contribution >= 0.6 is 23.2 Å². The second-order valence-corrected chi connectivity index (χ2v) is 8.53. The molecule has 140 valence electrons. The van der Waals surface area contributed by atoms with Gasteiger partial charge in [0.25, 0.3) is 0 Å². The van der Waals surface area contributed by atoms with Gasteiger partial charge < -0.3 is 10.8 Å². The Morgan fingerprint density at radius 2 is 1.73 bits per heavy atom. The molecule has 2 rings (SSSR count). The Morgan fingerprint density at radius 1 is 1.12 bits per heavy atom. The van der Waals surface area contributed by atoms with Crippen LogP contribution in [0.3, 0.4) is 0 Å². The Kier molecular flexibility index (Phi) is 6.57. The van der Waals surface area contributed by atoms with Gasteiger partial charge in [0.05, 0.1) is 5.60 Å². The zero-order valence-electron chi connectivity index (χ0n) is 15.8. The summed E-state index contributed by atoms with van der Waals surface area (Å²) >= 11 is 12.1. The molecule has 26 heavy (non-hydrogen) atoms. The van der Waals surface area contributed by atoms with Crippen LogP contribution in [0, 0.1) is 5.92 Å². The van der Waals surface area contributed by atoms with E-state index in [-0.39, 0.29) is 5.92 Å². The van der Waals surface area contributed by atoms with Crippen molar-refractivity contribution >= 4 is 29.3 Å². The standard InChI is InChI=1S/C22H27Cl2NO/c1-15(12-17-8-10-19(23)11-9-17)22(26,16(2)21(3,4)25)14-18-6-5-7-20(24)13-18/h5-13,16,26H,14,25H2,1-4H3. The maximum absolute atomic E-state index is 11.7. The Balaban J connectivity index is 2.46. The molecule has 0 amide bonds. The zero-order chi connectivity index (χ0) is 19.5. The molecular weight excluding hydrogens is 365 g/mol. The van der Waals surface area contributed by atoms with Crippen LogP contribution in [0.5, 0.6) is 0 Å². The summed E-state index contributed by atoms with van der Waals surface area (Å²) < 4.78 is 0. The van der Waals surface area contributed by atoms with Crippen molar-refractivity contribution in [1.82, 2.24) is 0 Å². The molecule has 0 aliphatic carbocycles. The van der Waals surface area contributed by atoms with Crippen molar-refractivity contribution in [3.05, 3.63) is 75.3 Å². The van der Waals surface area contributed by atoms with Crippen LogP contribution in [0.4, 0.5) is 0 Å². The van der Waals surface area contributed by atoms with E-state index < -0.39 is 11.1 Å². The molecule has 0 heterocycles. The van der Waals surface area contributed by atoms with Crippen molar-refractivity contribution in [3.63, 3.8) is 0 Å². The molecule has 0 aliphatic rings. The maximum atomic E-state index is 11.7. The lowest BCUT2D eigenvalue weighted by atomic mass is 9.70. The first kappa shape index (κ1) is 21.0. The van der Waals surface area contributed by atoms with Crippen molar-refractivity contribution < 1.29 is 5.11 Å². The molecule has 4 heteroatoms. The number of rotatable bonds is 6. The minimum Gasteiger partial charge on any atom is -0.385 e. The lowest BCUT2D eigenvalue weighted by Crippen LogP contribution is -2.54. The van der Waals surface area contributed by atoms with Gasteiger partial charge >= 0.3 is 0 Å². The molecule has 0 radical (unpaired) electrons. The fraction of sp³-hybridized carbons (Fsp3) is 0.364. The summed E-state index contributed by atoms with van der Waals surface area (Å²) in [5, 5.41) is 13.1. The van der Waals surface area contributed by atoms with E-state index in [1.807, 2.05) is 82.3 Å². The predicted molar refractivity (Wildman–Crippen MR) is 113 cm³/mol. The topological polar surface area (TPSA) is 46.2 Å².